The van der Waals surface area contributed by atoms with Gasteiger partial charge in [0.1, 0.15) is 0 Å². The molecule has 1 heterocycles. The van der Waals surface area contributed by atoms with Crippen LogP contribution in [0.5, 0.6) is 0 Å². The first-order chi connectivity index (χ1) is 9.51. The van der Waals surface area contributed by atoms with Crippen molar-refractivity contribution in [3.05, 3.63) is 34.3 Å². The van der Waals surface area contributed by atoms with Gasteiger partial charge in [0.15, 0.2) is 15.2 Å². The Morgan fingerprint density at radius 1 is 1.35 bits per heavy atom. The number of thiazole rings is 1. The summed E-state index contributed by atoms with van der Waals surface area (Å²) < 4.78 is 4.64. The molecule has 1 aromatic heterocycles. The highest BCUT2D eigenvalue weighted by atomic mass is 35.5. The lowest BCUT2D eigenvalue weighted by Gasteiger charge is -2.12. The second-order valence-corrected chi connectivity index (χ2v) is 5.55. The third-order valence-corrected chi connectivity index (χ3v) is 3.93. The van der Waals surface area contributed by atoms with E-state index >= 15 is 0 Å². The fourth-order valence-electron chi connectivity index (χ4n) is 1.54. The number of aromatic nitrogens is 1. The summed E-state index contributed by atoms with van der Waals surface area (Å²) in [6, 6.07) is 7.84. The van der Waals surface area contributed by atoms with Crippen molar-refractivity contribution in [2.24, 2.45) is 0 Å². The first kappa shape index (κ1) is 14.6. The number of benzene rings is 1. The summed E-state index contributed by atoms with van der Waals surface area (Å²) in [5.41, 5.74) is 1.97. The third-order valence-electron chi connectivity index (χ3n) is 2.59. The fourth-order valence-corrected chi connectivity index (χ4v) is 2.66. The van der Waals surface area contributed by atoms with E-state index < -0.39 is 5.97 Å². The molecule has 0 spiro atoms. The smallest absolute Gasteiger partial charge is 0.351 e. The Labute approximate surface area is 126 Å². The molecule has 106 valence electrons. The third kappa shape index (κ3) is 3.20. The summed E-state index contributed by atoms with van der Waals surface area (Å²) in [7, 11) is 5.27. The van der Waals surface area contributed by atoms with Crippen LogP contribution in [-0.2, 0) is 4.74 Å². The Balaban J connectivity index is 2.16. The van der Waals surface area contributed by atoms with Gasteiger partial charge in [0, 0.05) is 25.5 Å². The van der Waals surface area contributed by atoms with Gasteiger partial charge in [-0.3, -0.25) is 0 Å². The Morgan fingerprint density at radius 3 is 2.55 bits per heavy atom. The standard InChI is InChI=1S/C13H14ClN3O2S/c1-17(2)9-6-4-8(5-7-9)15-13-16-11(14)10(20-13)12(18)19-3/h4-7H,1-3H3,(H,15,16). The van der Waals surface area contributed by atoms with Gasteiger partial charge in [-0.1, -0.05) is 22.9 Å². The van der Waals surface area contributed by atoms with Crippen molar-refractivity contribution >= 4 is 45.4 Å². The minimum Gasteiger partial charge on any atom is -0.465 e. The molecule has 0 aliphatic carbocycles. The molecule has 0 saturated heterocycles. The van der Waals surface area contributed by atoms with Crippen molar-refractivity contribution in [2.75, 3.05) is 31.4 Å². The van der Waals surface area contributed by atoms with Crippen LogP contribution >= 0.6 is 22.9 Å². The molecule has 0 saturated carbocycles. The van der Waals surface area contributed by atoms with Gasteiger partial charge in [-0.15, -0.1) is 0 Å². The molecule has 7 heteroatoms. The number of carbonyl (C=O) groups excluding carboxylic acids is 1. The number of hydrogen-bond donors (Lipinski definition) is 1. The number of rotatable bonds is 4. The number of halogens is 1. The van der Waals surface area contributed by atoms with Crippen LogP contribution in [0, 0.1) is 0 Å². The molecule has 0 aliphatic heterocycles. The molecular weight excluding hydrogens is 298 g/mol. The largest absolute Gasteiger partial charge is 0.465 e. The van der Waals surface area contributed by atoms with Gasteiger partial charge >= 0.3 is 5.97 Å². The van der Waals surface area contributed by atoms with Crippen molar-refractivity contribution < 1.29 is 9.53 Å². The number of esters is 1. The first-order valence-corrected chi connectivity index (χ1v) is 6.99. The maximum absolute atomic E-state index is 11.5. The van der Waals surface area contributed by atoms with Gasteiger partial charge in [0.2, 0.25) is 0 Å². The van der Waals surface area contributed by atoms with Crippen molar-refractivity contribution in [2.45, 2.75) is 0 Å². The molecule has 0 unspecified atom stereocenters. The molecule has 2 rings (SSSR count). The lowest BCUT2D eigenvalue weighted by Crippen LogP contribution is -2.08. The van der Waals surface area contributed by atoms with E-state index in [1.165, 1.54) is 7.11 Å². The molecule has 20 heavy (non-hydrogen) atoms. The quantitative estimate of drug-likeness (QED) is 0.877. The summed E-state index contributed by atoms with van der Waals surface area (Å²) >= 11 is 7.06. The van der Waals surface area contributed by atoms with Crippen LogP contribution in [0.25, 0.3) is 0 Å². The summed E-state index contributed by atoms with van der Waals surface area (Å²) in [6.45, 7) is 0. The van der Waals surface area contributed by atoms with E-state index in [-0.39, 0.29) is 5.15 Å². The van der Waals surface area contributed by atoms with E-state index in [2.05, 4.69) is 15.0 Å². The SMILES string of the molecule is COC(=O)c1sc(Nc2ccc(N(C)C)cc2)nc1Cl. The van der Waals surface area contributed by atoms with E-state index in [0.29, 0.717) is 10.0 Å². The minimum atomic E-state index is -0.483. The van der Waals surface area contributed by atoms with Crippen LogP contribution in [0.3, 0.4) is 0 Å². The normalized spacial score (nSPS) is 10.2. The Hall–Kier alpha value is -1.79. The predicted octanol–water partition coefficient (Wildman–Crippen LogP) is 3.39. The maximum Gasteiger partial charge on any atom is 0.351 e. The van der Waals surface area contributed by atoms with Gasteiger partial charge < -0.3 is 15.0 Å². The molecule has 1 N–H and O–H groups in total. The molecule has 0 bridgehead atoms. The predicted molar refractivity (Wildman–Crippen MR) is 82.5 cm³/mol. The number of nitrogens with zero attached hydrogens (tertiary/aromatic N) is 2. The zero-order valence-electron chi connectivity index (χ0n) is 11.3. The fraction of sp³-hybridized carbons (Fsp3) is 0.231. The average Bonchev–Trinajstić information content (AvgIpc) is 2.79. The monoisotopic (exact) mass is 311 g/mol. The number of nitrogens with one attached hydrogen (secondary N) is 1. The molecular formula is C13H14ClN3O2S. The lowest BCUT2D eigenvalue weighted by atomic mass is 10.2. The number of hydrogen-bond acceptors (Lipinski definition) is 6. The van der Waals surface area contributed by atoms with Gasteiger partial charge in [0.25, 0.3) is 0 Å². The summed E-state index contributed by atoms with van der Waals surface area (Å²) in [5, 5.41) is 3.80. The van der Waals surface area contributed by atoms with Crippen LogP contribution in [0.4, 0.5) is 16.5 Å². The van der Waals surface area contributed by atoms with Crippen LogP contribution in [0.15, 0.2) is 24.3 Å². The lowest BCUT2D eigenvalue weighted by molar-refractivity contribution is 0.0606. The van der Waals surface area contributed by atoms with Gasteiger partial charge in [-0.2, -0.15) is 0 Å². The van der Waals surface area contributed by atoms with E-state index in [4.69, 9.17) is 11.6 Å². The second-order valence-electron chi connectivity index (χ2n) is 4.20. The van der Waals surface area contributed by atoms with Crippen molar-refractivity contribution in [1.29, 1.82) is 0 Å². The molecule has 2 aromatic rings. The molecule has 0 atom stereocenters. The summed E-state index contributed by atoms with van der Waals surface area (Å²) in [5.74, 6) is -0.483. The number of ether oxygens (including phenoxy) is 1. The summed E-state index contributed by atoms with van der Waals surface area (Å²) in [4.78, 5) is 17.9. The van der Waals surface area contributed by atoms with E-state index in [9.17, 15) is 4.79 Å². The van der Waals surface area contributed by atoms with E-state index in [1.807, 2.05) is 43.3 Å². The van der Waals surface area contributed by atoms with E-state index in [1.54, 1.807) is 0 Å². The molecule has 0 aliphatic rings. The molecule has 1 aromatic carbocycles. The van der Waals surface area contributed by atoms with Gasteiger partial charge in [0.05, 0.1) is 7.11 Å². The number of carbonyl (C=O) groups is 1. The van der Waals surface area contributed by atoms with Crippen LogP contribution in [0.2, 0.25) is 5.15 Å². The molecule has 0 amide bonds. The van der Waals surface area contributed by atoms with Crippen molar-refractivity contribution in [3.8, 4) is 0 Å². The summed E-state index contributed by atoms with van der Waals surface area (Å²) in [6.07, 6.45) is 0. The highest BCUT2D eigenvalue weighted by Crippen LogP contribution is 2.30. The Kier molecular flexibility index (Phi) is 4.46. The molecule has 5 nitrogen and oxygen atoms in total. The minimum absolute atomic E-state index is 0.147. The van der Waals surface area contributed by atoms with Gasteiger partial charge in [-0.25, -0.2) is 9.78 Å². The Morgan fingerprint density at radius 2 is 2.00 bits per heavy atom. The topological polar surface area (TPSA) is 54.5 Å². The molecule has 0 fully saturated rings. The van der Waals surface area contributed by atoms with Gasteiger partial charge in [-0.05, 0) is 24.3 Å². The number of anilines is 3. The zero-order chi connectivity index (χ0) is 14.7. The highest BCUT2D eigenvalue weighted by molar-refractivity contribution is 7.18. The van der Waals surface area contributed by atoms with Crippen molar-refractivity contribution in [3.63, 3.8) is 0 Å². The second kappa shape index (κ2) is 6.11. The highest BCUT2D eigenvalue weighted by Gasteiger charge is 2.17. The van der Waals surface area contributed by atoms with E-state index in [0.717, 1.165) is 22.7 Å². The number of methoxy groups -OCH3 is 1. The first-order valence-electron chi connectivity index (χ1n) is 5.80. The maximum atomic E-state index is 11.5. The molecule has 0 radical (unpaired) electrons. The van der Waals surface area contributed by atoms with Crippen LogP contribution < -0.4 is 10.2 Å². The van der Waals surface area contributed by atoms with Crippen LogP contribution in [-0.4, -0.2) is 32.2 Å². The zero-order valence-corrected chi connectivity index (χ0v) is 12.9. The average molecular weight is 312 g/mol. The van der Waals surface area contributed by atoms with Crippen LogP contribution in [0.1, 0.15) is 9.67 Å². The van der Waals surface area contributed by atoms with Crippen molar-refractivity contribution in [1.82, 2.24) is 4.98 Å². The Bertz CT molecular complexity index is 611.